The maximum absolute atomic E-state index is 12.5. The highest BCUT2D eigenvalue weighted by atomic mass is 16.5. The van der Waals surface area contributed by atoms with Gasteiger partial charge in [0.15, 0.2) is 0 Å². The molecule has 0 bridgehead atoms. The molecule has 0 saturated carbocycles. The number of rotatable bonds is 3. The van der Waals surface area contributed by atoms with Crippen molar-refractivity contribution in [2.24, 2.45) is 0 Å². The van der Waals surface area contributed by atoms with E-state index in [1.165, 1.54) is 0 Å². The maximum atomic E-state index is 12.5. The highest BCUT2D eigenvalue weighted by molar-refractivity contribution is 5.89. The first-order valence-electron chi connectivity index (χ1n) is 8.34. The zero-order chi connectivity index (χ0) is 17.7. The molecule has 1 aliphatic heterocycles. The third-order valence-corrected chi connectivity index (χ3v) is 4.79. The van der Waals surface area contributed by atoms with Crippen LogP contribution in [0, 0.1) is 11.3 Å². The van der Waals surface area contributed by atoms with E-state index in [2.05, 4.69) is 11.4 Å². The number of nitrogens with zero attached hydrogens (tertiary/aromatic N) is 2. The summed E-state index contributed by atoms with van der Waals surface area (Å²) in [6, 6.07) is 19.4. The lowest BCUT2D eigenvalue weighted by Gasteiger charge is -2.37. The van der Waals surface area contributed by atoms with E-state index in [-0.39, 0.29) is 6.03 Å². The van der Waals surface area contributed by atoms with Gasteiger partial charge in [0.1, 0.15) is 5.75 Å². The van der Waals surface area contributed by atoms with Gasteiger partial charge in [0.05, 0.1) is 18.6 Å². The average molecular weight is 335 g/mol. The number of carbonyl (C=O) groups is 1. The van der Waals surface area contributed by atoms with E-state index < -0.39 is 5.41 Å². The lowest BCUT2D eigenvalue weighted by molar-refractivity contribution is 0.183. The second-order valence-electron chi connectivity index (χ2n) is 6.21. The smallest absolute Gasteiger partial charge is 0.321 e. The van der Waals surface area contributed by atoms with Crippen LogP contribution in [-0.2, 0) is 5.41 Å². The van der Waals surface area contributed by atoms with Gasteiger partial charge in [0.2, 0.25) is 0 Å². The van der Waals surface area contributed by atoms with Crippen molar-refractivity contribution in [3.8, 4) is 11.8 Å². The summed E-state index contributed by atoms with van der Waals surface area (Å²) in [4.78, 5) is 14.2. The van der Waals surface area contributed by atoms with Crippen LogP contribution in [0.4, 0.5) is 10.5 Å². The third-order valence-electron chi connectivity index (χ3n) is 4.79. The van der Waals surface area contributed by atoms with E-state index in [4.69, 9.17) is 4.74 Å². The zero-order valence-corrected chi connectivity index (χ0v) is 14.2. The molecule has 5 nitrogen and oxygen atoms in total. The number of anilines is 1. The number of methoxy groups -OCH3 is 1. The number of hydrogen-bond donors (Lipinski definition) is 1. The summed E-state index contributed by atoms with van der Waals surface area (Å²) in [6.45, 7) is 1.12. The van der Waals surface area contributed by atoms with Crippen molar-refractivity contribution < 1.29 is 9.53 Å². The van der Waals surface area contributed by atoms with Crippen molar-refractivity contribution in [2.75, 3.05) is 25.5 Å². The molecule has 2 aromatic carbocycles. The summed E-state index contributed by atoms with van der Waals surface area (Å²) in [5.74, 6) is 0.748. The molecule has 0 atom stereocenters. The number of carbonyl (C=O) groups excluding carboxylic acids is 1. The molecule has 0 unspecified atom stereocenters. The highest BCUT2D eigenvalue weighted by Crippen LogP contribution is 2.35. The largest absolute Gasteiger partial charge is 0.497 e. The van der Waals surface area contributed by atoms with E-state index in [9.17, 15) is 10.1 Å². The summed E-state index contributed by atoms with van der Waals surface area (Å²) in [7, 11) is 1.61. The SMILES string of the molecule is COc1ccc(NC(=O)N2CCC(C#N)(c3ccccc3)CC2)cc1. The van der Waals surface area contributed by atoms with Gasteiger partial charge in [0.25, 0.3) is 0 Å². The van der Waals surface area contributed by atoms with Crippen LogP contribution in [0.5, 0.6) is 5.75 Å². The third kappa shape index (κ3) is 3.58. The van der Waals surface area contributed by atoms with Crippen molar-refractivity contribution in [1.82, 2.24) is 4.90 Å². The highest BCUT2D eigenvalue weighted by Gasteiger charge is 2.37. The predicted molar refractivity (Wildman–Crippen MR) is 96.6 cm³/mol. The fraction of sp³-hybridized carbons (Fsp3) is 0.300. The first kappa shape index (κ1) is 16.8. The number of nitrogens with one attached hydrogen (secondary N) is 1. The van der Waals surface area contributed by atoms with Gasteiger partial charge in [0, 0.05) is 18.8 Å². The Bertz CT molecular complexity index is 758. The van der Waals surface area contributed by atoms with Crippen LogP contribution < -0.4 is 10.1 Å². The first-order valence-corrected chi connectivity index (χ1v) is 8.34. The van der Waals surface area contributed by atoms with E-state index in [1.807, 2.05) is 54.6 Å². The standard InChI is InChI=1S/C20H21N3O2/c1-25-18-9-7-17(8-10-18)22-19(24)23-13-11-20(15-21,12-14-23)16-5-3-2-4-6-16/h2-10H,11-14H2,1H3,(H,22,24). The lowest BCUT2D eigenvalue weighted by atomic mass is 9.74. The maximum Gasteiger partial charge on any atom is 0.321 e. The van der Waals surface area contributed by atoms with Crippen LogP contribution in [0.2, 0.25) is 0 Å². The number of ether oxygens (including phenoxy) is 1. The fourth-order valence-electron chi connectivity index (χ4n) is 3.19. The van der Waals surface area contributed by atoms with E-state index in [0.717, 1.165) is 17.0 Å². The van der Waals surface area contributed by atoms with Crippen LogP contribution in [0.25, 0.3) is 0 Å². The fourth-order valence-corrected chi connectivity index (χ4v) is 3.19. The normalized spacial score (nSPS) is 15.9. The molecule has 2 amide bonds. The van der Waals surface area contributed by atoms with Crippen molar-refractivity contribution in [3.63, 3.8) is 0 Å². The average Bonchev–Trinajstić information content (AvgIpc) is 2.69. The van der Waals surface area contributed by atoms with Crippen LogP contribution in [-0.4, -0.2) is 31.1 Å². The minimum atomic E-state index is -0.502. The molecular weight excluding hydrogens is 314 g/mol. The van der Waals surface area contributed by atoms with Gasteiger partial charge >= 0.3 is 6.03 Å². The summed E-state index contributed by atoms with van der Waals surface area (Å²) in [6.07, 6.45) is 1.28. The Morgan fingerprint density at radius 3 is 2.32 bits per heavy atom. The molecule has 3 rings (SSSR count). The molecule has 1 saturated heterocycles. The molecule has 25 heavy (non-hydrogen) atoms. The molecule has 0 aromatic heterocycles. The molecule has 2 aromatic rings. The van der Waals surface area contributed by atoms with Gasteiger partial charge in [-0.3, -0.25) is 0 Å². The van der Waals surface area contributed by atoms with Crippen LogP contribution >= 0.6 is 0 Å². The number of benzene rings is 2. The second kappa shape index (κ2) is 7.27. The van der Waals surface area contributed by atoms with Gasteiger partial charge in [-0.25, -0.2) is 4.79 Å². The Balaban J connectivity index is 1.63. The first-order chi connectivity index (χ1) is 12.2. The number of urea groups is 1. The van der Waals surface area contributed by atoms with E-state index in [0.29, 0.717) is 25.9 Å². The number of amides is 2. The molecule has 128 valence electrons. The number of hydrogen-bond acceptors (Lipinski definition) is 3. The van der Waals surface area contributed by atoms with Gasteiger partial charge < -0.3 is 15.0 Å². The number of piperidine rings is 1. The monoisotopic (exact) mass is 335 g/mol. The van der Waals surface area contributed by atoms with Crippen molar-refractivity contribution >= 4 is 11.7 Å². The van der Waals surface area contributed by atoms with Crippen molar-refractivity contribution in [2.45, 2.75) is 18.3 Å². The Kier molecular flexibility index (Phi) is 4.90. The lowest BCUT2D eigenvalue weighted by Crippen LogP contribution is -2.46. The summed E-state index contributed by atoms with van der Waals surface area (Å²) in [5.41, 5.74) is 1.26. The molecule has 0 radical (unpaired) electrons. The quantitative estimate of drug-likeness (QED) is 0.928. The summed E-state index contributed by atoms with van der Waals surface area (Å²) in [5, 5.41) is 12.6. The Hall–Kier alpha value is -3.00. The Morgan fingerprint density at radius 2 is 1.76 bits per heavy atom. The second-order valence-corrected chi connectivity index (χ2v) is 6.21. The van der Waals surface area contributed by atoms with Crippen LogP contribution in [0.1, 0.15) is 18.4 Å². The topological polar surface area (TPSA) is 65.4 Å². The van der Waals surface area contributed by atoms with Crippen LogP contribution in [0.3, 0.4) is 0 Å². The predicted octanol–water partition coefficient (Wildman–Crippen LogP) is 3.78. The molecule has 1 fully saturated rings. The Labute approximate surface area is 147 Å². The summed E-state index contributed by atoms with van der Waals surface area (Å²) >= 11 is 0. The Morgan fingerprint density at radius 1 is 1.12 bits per heavy atom. The number of nitriles is 1. The zero-order valence-electron chi connectivity index (χ0n) is 14.2. The molecule has 1 N–H and O–H groups in total. The molecule has 0 aliphatic carbocycles. The molecule has 5 heteroatoms. The minimum absolute atomic E-state index is 0.134. The van der Waals surface area contributed by atoms with E-state index in [1.54, 1.807) is 12.0 Å². The van der Waals surface area contributed by atoms with Crippen molar-refractivity contribution in [3.05, 3.63) is 60.2 Å². The van der Waals surface area contributed by atoms with Crippen LogP contribution in [0.15, 0.2) is 54.6 Å². The molecular formula is C20H21N3O2. The molecule has 0 spiro atoms. The van der Waals surface area contributed by atoms with Gasteiger partial charge in [-0.15, -0.1) is 0 Å². The van der Waals surface area contributed by atoms with Gasteiger partial charge in [-0.05, 0) is 42.7 Å². The van der Waals surface area contributed by atoms with Gasteiger partial charge in [-0.1, -0.05) is 30.3 Å². The molecule has 1 aliphatic rings. The van der Waals surface area contributed by atoms with Crippen molar-refractivity contribution in [1.29, 1.82) is 5.26 Å². The number of likely N-dealkylation sites (tertiary alicyclic amines) is 1. The summed E-state index contributed by atoms with van der Waals surface area (Å²) < 4.78 is 5.11. The van der Waals surface area contributed by atoms with E-state index >= 15 is 0 Å². The molecule has 1 heterocycles. The van der Waals surface area contributed by atoms with Gasteiger partial charge in [-0.2, -0.15) is 5.26 Å². The minimum Gasteiger partial charge on any atom is -0.497 e.